The third-order valence-electron chi connectivity index (χ3n) is 3.44. The summed E-state index contributed by atoms with van der Waals surface area (Å²) < 4.78 is 5.39. The van der Waals surface area contributed by atoms with Crippen molar-refractivity contribution in [1.29, 1.82) is 0 Å². The molecule has 0 aromatic heterocycles. The zero-order chi connectivity index (χ0) is 15.5. The van der Waals surface area contributed by atoms with Crippen LogP contribution in [0.2, 0.25) is 0 Å². The van der Waals surface area contributed by atoms with Crippen LogP contribution >= 0.6 is 0 Å². The van der Waals surface area contributed by atoms with Gasteiger partial charge in [-0.25, -0.2) is 0 Å². The summed E-state index contributed by atoms with van der Waals surface area (Å²) in [6, 6.07) is 3.98. The van der Waals surface area contributed by atoms with Gasteiger partial charge in [0.2, 0.25) is 0 Å². The van der Waals surface area contributed by atoms with E-state index in [1.54, 1.807) is 7.11 Å². The first-order chi connectivity index (χ1) is 9.14. The molecule has 0 radical (unpaired) electrons. The second-order valence-corrected chi connectivity index (χ2v) is 7.16. The van der Waals surface area contributed by atoms with Gasteiger partial charge in [-0.2, -0.15) is 0 Å². The molecule has 0 saturated heterocycles. The van der Waals surface area contributed by atoms with Crippen molar-refractivity contribution in [2.45, 2.75) is 54.4 Å². The fraction of sp³-hybridized carbons (Fsp3) is 0.611. The third-order valence-corrected chi connectivity index (χ3v) is 3.44. The SMILES string of the molecule is COc1cc(C)cc(C)c1C(=O)CC(C)CC(C)(C)C. The molecule has 2 heteroatoms. The number of hydrogen-bond acceptors (Lipinski definition) is 2. The maximum atomic E-state index is 12.6. The second kappa shape index (κ2) is 6.43. The van der Waals surface area contributed by atoms with Gasteiger partial charge in [-0.3, -0.25) is 4.79 Å². The van der Waals surface area contributed by atoms with Crippen LogP contribution in [0.4, 0.5) is 0 Å². The molecular formula is C18H28O2. The molecule has 0 aliphatic rings. The largest absolute Gasteiger partial charge is 0.496 e. The minimum Gasteiger partial charge on any atom is -0.496 e. The first-order valence-corrected chi connectivity index (χ1v) is 7.32. The Labute approximate surface area is 123 Å². The lowest BCUT2D eigenvalue weighted by Gasteiger charge is -2.23. The van der Waals surface area contributed by atoms with E-state index in [1.165, 1.54) is 0 Å². The van der Waals surface area contributed by atoms with Crippen LogP contribution in [0, 0.1) is 25.2 Å². The van der Waals surface area contributed by atoms with Crippen molar-refractivity contribution in [3.63, 3.8) is 0 Å². The predicted molar refractivity (Wildman–Crippen MR) is 84.7 cm³/mol. The first-order valence-electron chi connectivity index (χ1n) is 7.32. The van der Waals surface area contributed by atoms with Gasteiger partial charge in [0.25, 0.3) is 0 Å². The van der Waals surface area contributed by atoms with Crippen molar-refractivity contribution in [2.24, 2.45) is 11.3 Å². The van der Waals surface area contributed by atoms with E-state index in [-0.39, 0.29) is 11.2 Å². The summed E-state index contributed by atoms with van der Waals surface area (Å²) in [5, 5.41) is 0. The van der Waals surface area contributed by atoms with Crippen LogP contribution in [0.5, 0.6) is 5.75 Å². The van der Waals surface area contributed by atoms with E-state index in [0.29, 0.717) is 18.1 Å². The summed E-state index contributed by atoms with van der Waals surface area (Å²) in [6.45, 7) is 12.8. The van der Waals surface area contributed by atoms with Gasteiger partial charge < -0.3 is 4.74 Å². The van der Waals surface area contributed by atoms with Gasteiger partial charge >= 0.3 is 0 Å². The van der Waals surface area contributed by atoms with Crippen LogP contribution in [0.15, 0.2) is 12.1 Å². The van der Waals surface area contributed by atoms with Crippen LogP contribution in [0.25, 0.3) is 0 Å². The molecule has 1 aromatic carbocycles. The molecule has 112 valence electrons. The van der Waals surface area contributed by atoms with Crippen molar-refractivity contribution in [3.8, 4) is 5.75 Å². The Bertz CT molecular complexity index is 481. The Hall–Kier alpha value is -1.31. The number of ketones is 1. The Balaban J connectivity index is 2.93. The Morgan fingerprint density at radius 3 is 2.35 bits per heavy atom. The molecule has 0 aliphatic carbocycles. The molecule has 1 unspecified atom stereocenters. The van der Waals surface area contributed by atoms with Crippen molar-refractivity contribution in [3.05, 3.63) is 28.8 Å². The van der Waals surface area contributed by atoms with Crippen LogP contribution < -0.4 is 4.74 Å². The molecular weight excluding hydrogens is 248 g/mol. The lowest BCUT2D eigenvalue weighted by molar-refractivity contribution is 0.0950. The second-order valence-electron chi connectivity index (χ2n) is 7.16. The predicted octanol–water partition coefficient (Wildman–Crippen LogP) is 4.96. The highest BCUT2D eigenvalue weighted by atomic mass is 16.5. The number of benzene rings is 1. The zero-order valence-corrected chi connectivity index (χ0v) is 14.0. The van der Waals surface area contributed by atoms with Gasteiger partial charge in [0, 0.05) is 6.42 Å². The number of Topliss-reactive ketones (excluding diaryl/α,β-unsaturated/α-hetero) is 1. The van der Waals surface area contributed by atoms with E-state index in [2.05, 4.69) is 27.7 Å². The highest BCUT2D eigenvalue weighted by Crippen LogP contribution is 2.30. The van der Waals surface area contributed by atoms with Crippen LogP contribution in [0.3, 0.4) is 0 Å². The molecule has 2 nitrogen and oxygen atoms in total. The Kier molecular flexibility index (Phi) is 5.38. The maximum absolute atomic E-state index is 12.6. The summed E-state index contributed by atoms with van der Waals surface area (Å²) in [6.07, 6.45) is 1.63. The average Bonchev–Trinajstić information content (AvgIpc) is 2.24. The molecule has 0 aliphatic heterocycles. The molecule has 0 amide bonds. The molecule has 0 fully saturated rings. The number of aryl methyl sites for hydroxylation is 2. The average molecular weight is 276 g/mol. The molecule has 0 bridgehead atoms. The Morgan fingerprint density at radius 2 is 1.85 bits per heavy atom. The summed E-state index contributed by atoms with van der Waals surface area (Å²) in [5.74, 6) is 1.28. The molecule has 1 aromatic rings. The topological polar surface area (TPSA) is 26.3 Å². The summed E-state index contributed by atoms with van der Waals surface area (Å²) >= 11 is 0. The van der Waals surface area contributed by atoms with Crippen LogP contribution in [-0.4, -0.2) is 12.9 Å². The first kappa shape index (κ1) is 16.7. The maximum Gasteiger partial charge on any atom is 0.167 e. The van der Waals surface area contributed by atoms with Crippen molar-refractivity contribution in [1.82, 2.24) is 0 Å². The number of carbonyl (C=O) groups excluding carboxylic acids is 1. The van der Waals surface area contributed by atoms with E-state index < -0.39 is 0 Å². The standard InChI is InChI=1S/C18H28O2/c1-12-8-14(3)17(16(10-12)20-7)15(19)9-13(2)11-18(4,5)6/h8,10,13H,9,11H2,1-7H3. The molecule has 0 heterocycles. The number of rotatable bonds is 5. The van der Waals surface area contributed by atoms with Gasteiger partial charge in [0.1, 0.15) is 5.75 Å². The molecule has 20 heavy (non-hydrogen) atoms. The molecule has 1 rings (SSSR count). The van der Waals surface area contributed by atoms with Gasteiger partial charge in [-0.15, -0.1) is 0 Å². The summed E-state index contributed by atoms with van der Waals surface area (Å²) in [5.41, 5.74) is 3.14. The van der Waals surface area contributed by atoms with E-state index in [4.69, 9.17) is 4.74 Å². The number of methoxy groups -OCH3 is 1. The molecule has 0 spiro atoms. The van der Waals surface area contributed by atoms with Crippen LogP contribution in [0.1, 0.15) is 62.0 Å². The third kappa shape index (κ3) is 4.66. The van der Waals surface area contributed by atoms with Gasteiger partial charge in [0.05, 0.1) is 12.7 Å². The smallest absolute Gasteiger partial charge is 0.167 e. The lowest BCUT2D eigenvalue weighted by Crippen LogP contribution is -2.15. The fourth-order valence-electron chi connectivity index (χ4n) is 2.98. The number of carbonyl (C=O) groups is 1. The quantitative estimate of drug-likeness (QED) is 0.711. The normalized spacial score (nSPS) is 13.2. The summed E-state index contributed by atoms with van der Waals surface area (Å²) in [4.78, 5) is 12.6. The summed E-state index contributed by atoms with van der Waals surface area (Å²) in [7, 11) is 1.63. The highest BCUT2D eigenvalue weighted by molar-refractivity contribution is 6.00. The van der Waals surface area contributed by atoms with Crippen LogP contribution in [-0.2, 0) is 0 Å². The van der Waals surface area contributed by atoms with E-state index in [0.717, 1.165) is 23.1 Å². The number of ether oxygens (including phenoxy) is 1. The van der Waals surface area contributed by atoms with Gasteiger partial charge in [-0.05, 0) is 48.8 Å². The van der Waals surface area contributed by atoms with Crippen molar-refractivity contribution in [2.75, 3.05) is 7.11 Å². The minimum atomic E-state index is 0.191. The van der Waals surface area contributed by atoms with Crippen molar-refractivity contribution >= 4 is 5.78 Å². The lowest BCUT2D eigenvalue weighted by atomic mass is 9.82. The molecule has 0 N–H and O–H groups in total. The fourth-order valence-corrected chi connectivity index (χ4v) is 2.98. The van der Waals surface area contributed by atoms with Crippen molar-refractivity contribution < 1.29 is 9.53 Å². The van der Waals surface area contributed by atoms with Gasteiger partial charge in [-0.1, -0.05) is 33.8 Å². The van der Waals surface area contributed by atoms with E-state index in [1.807, 2.05) is 26.0 Å². The van der Waals surface area contributed by atoms with E-state index in [9.17, 15) is 4.79 Å². The zero-order valence-electron chi connectivity index (χ0n) is 14.0. The van der Waals surface area contributed by atoms with Gasteiger partial charge in [0.15, 0.2) is 5.78 Å². The van der Waals surface area contributed by atoms with E-state index >= 15 is 0 Å². The molecule has 0 saturated carbocycles. The Morgan fingerprint density at radius 1 is 1.25 bits per heavy atom. The number of hydrogen-bond donors (Lipinski definition) is 0. The minimum absolute atomic E-state index is 0.191. The monoisotopic (exact) mass is 276 g/mol. The highest BCUT2D eigenvalue weighted by Gasteiger charge is 2.21. The molecule has 1 atom stereocenters.